The van der Waals surface area contributed by atoms with Gasteiger partial charge < -0.3 is 15.5 Å². The predicted molar refractivity (Wildman–Crippen MR) is 134 cm³/mol. The molecule has 0 bridgehead atoms. The Hall–Kier alpha value is -0.220. The molecule has 1 heterocycles. The molecule has 0 unspecified atom stereocenters. The molecule has 1 saturated heterocycles. The summed E-state index contributed by atoms with van der Waals surface area (Å²) < 4.78 is 0. The van der Waals surface area contributed by atoms with E-state index >= 15 is 0 Å². The number of carbonyl (C=O) groups is 1. The van der Waals surface area contributed by atoms with Crippen LogP contribution in [-0.4, -0.2) is 86.0 Å². The van der Waals surface area contributed by atoms with Crippen LogP contribution in [0.5, 0.6) is 0 Å². The first-order chi connectivity index (χ1) is 13.5. The Morgan fingerprint density at radius 3 is 2.10 bits per heavy atom. The van der Waals surface area contributed by atoms with E-state index in [-0.39, 0.29) is 40.8 Å². The lowest BCUT2D eigenvalue weighted by molar-refractivity contribution is -0.138. The first-order valence-corrected chi connectivity index (χ1v) is 12.2. The first-order valence-electron chi connectivity index (χ1n) is 11.0. The number of hydrogen-bond donors (Lipinski definition) is 2. The van der Waals surface area contributed by atoms with Crippen LogP contribution in [0.15, 0.2) is 4.99 Å². The maximum Gasteiger partial charge on any atom is 0.230 e. The molecule has 0 aromatic carbocycles. The maximum atomic E-state index is 12.8. The van der Waals surface area contributed by atoms with Gasteiger partial charge in [-0.3, -0.25) is 14.7 Å². The van der Waals surface area contributed by atoms with E-state index < -0.39 is 0 Å². The number of aliphatic imine (C=N–C) groups is 1. The molecule has 1 amide bonds. The zero-order valence-corrected chi connectivity index (χ0v) is 21.6. The first kappa shape index (κ1) is 25.0. The lowest BCUT2D eigenvalue weighted by Gasteiger charge is -2.44. The van der Waals surface area contributed by atoms with Crippen LogP contribution < -0.4 is 10.6 Å². The lowest BCUT2D eigenvalue weighted by Crippen LogP contribution is -2.58. The van der Waals surface area contributed by atoms with Crippen LogP contribution in [0.25, 0.3) is 0 Å². The average Bonchev–Trinajstić information content (AvgIpc) is 3.39. The molecule has 3 fully saturated rings. The van der Waals surface area contributed by atoms with Crippen LogP contribution in [0.3, 0.4) is 0 Å². The highest BCUT2D eigenvalue weighted by atomic mass is 127. The topological polar surface area (TPSA) is 60.0 Å². The summed E-state index contributed by atoms with van der Waals surface area (Å²) in [6.45, 7) is 4.04. The number of hydrogen-bond acceptors (Lipinski definition) is 4. The number of nitrogens with zero attached hydrogens (tertiary/aromatic N) is 3. The molecule has 3 rings (SSSR count). The summed E-state index contributed by atoms with van der Waals surface area (Å²) in [5.74, 6) is 3.61. The van der Waals surface area contributed by atoms with E-state index in [1.807, 2.05) is 21.1 Å². The molecule has 0 spiro atoms. The van der Waals surface area contributed by atoms with E-state index in [2.05, 4.69) is 32.3 Å². The maximum absolute atomic E-state index is 12.8. The number of nitrogens with one attached hydrogen (secondary N) is 2. The number of rotatable bonds is 6. The molecule has 2 N–H and O–H groups in total. The van der Waals surface area contributed by atoms with Crippen LogP contribution in [0, 0.1) is 5.41 Å². The van der Waals surface area contributed by atoms with Crippen molar-refractivity contribution in [2.75, 3.05) is 58.8 Å². The standard InChI is InChI=1S/C21H39N5OS.HI/c1-22-19(23-16-20(8-4-5-9-20)18(27)25(2)3)24-17-21(10-6-7-11-21)26-12-14-28-15-13-26;/h4-17H2,1-3H3,(H2,22,23,24);1H. The summed E-state index contributed by atoms with van der Waals surface area (Å²) in [5, 5.41) is 7.13. The lowest BCUT2D eigenvalue weighted by atomic mass is 9.84. The van der Waals surface area contributed by atoms with E-state index in [0.717, 1.165) is 38.2 Å². The summed E-state index contributed by atoms with van der Waals surface area (Å²) in [6, 6.07) is 0. The molecule has 6 nitrogen and oxygen atoms in total. The molecular weight excluding hydrogens is 497 g/mol. The second-order valence-corrected chi connectivity index (χ2v) is 10.2. The van der Waals surface area contributed by atoms with E-state index in [4.69, 9.17) is 0 Å². The Kier molecular flexibility index (Phi) is 9.86. The highest BCUT2D eigenvalue weighted by molar-refractivity contribution is 14.0. The van der Waals surface area contributed by atoms with Gasteiger partial charge in [0.2, 0.25) is 5.91 Å². The molecule has 2 aliphatic carbocycles. The Bertz CT molecular complexity index is 553. The van der Waals surface area contributed by atoms with Crippen LogP contribution in [-0.2, 0) is 4.79 Å². The van der Waals surface area contributed by atoms with E-state index in [1.165, 1.54) is 50.3 Å². The van der Waals surface area contributed by atoms with Gasteiger partial charge in [-0.2, -0.15) is 11.8 Å². The molecule has 1 aliphatic heterocycles. The van der Waals surface area contributed by atoms with E-state index in [1.54, 1.807) is 4.90 Å². The van der Waals surface area contributed by atoms with Crippen molar-refractivity contribution in [2.24, 2.45) is 10.4 Å². The summed E-state index contributed by atoms with van der Waals surface area (Å²) >= 11 is 2.08. The largest absolute Gasteiger partial charge is 0.355 e. The predicted octanol–water partition coefficient (Wildman–Crippen LogP) is 2.78. The Morgan fingerprint density at radius 2 is 1.55 bits per heavy atom. The fourth-order valence-corrected chi connectivity index (χ4v) is 6.29. The third-order valence-electron chi connectivity index (χ3n) is 7.04. The van der Waals surface area contributed by atoms with Gasteiger partial charge in [-0.25, -0.2) is 0 Å². The molecule has 2 saturated carbocycles. The number of thioether (sulfide) groups is 1. The van der Waals surface area contributed by atoms with Crippen molar-refractivity contribution in [1.82, 2.24) is 20.4 Å². The zero-order chi connectivity index (χ0) is 20.0. The summed E-state index contributed by atoms with van der Waals surface area (Å²) in [4.78, 5) is 21.8. The van der Waals surface area contributed by atoms with Crippen molar-refractivity contribution in [3.05, 3.63) is 0 Å². The number of carbonyl (C=O) groups excluding carboxylic acids is 1. The SMILES string of the molecule is CN=C(NCC1(C(=O)N(C)C)CCCC1)NCC1(N2CCSCC2)CCCC1.I. The van der Waals surface area contributed by atoms with Gasteiger partial charge in [0, 0.05) is 64.4 Å². The van der Waals surface area contributed by atoms with Gasteiger partial charge in [0.05, 0.1) is 5.41 Å². The van der Waals surface area contributed by atoms with Gasteiger partial charge in [0.15, 0.2) is 5.96 Å². The minimum absolute atomic E-state index is 0. The Morgan fingerprint density at radius 1 is 1.00 bits per heavy atom. The quantitative estimate of drug-likeness (QED) is 0.310. The molecular formula is C21H40IN5OS. The second-order valence-electron chi connectivity index (χ2n) is 9.00. The van der Waals surface area contributed by atoms with Crippen LogP contribution in [0.1, 0.15) is 51.4 Å². The Balaban J connectivity index is 0.00000300. The normalized spacial score (nSPS) is 24.0. The van der Waals surface area contributed by atoms with Crippen molar-refractivity contribution in [3.63, 3.8) is 0 Å². The zero-order valence-electron chi connectivity index (χ0n) is 18.5. The van der Waals surface area contributed by atoms with Crippen molar-refractivity contribution >= 4 is 47.6 Å². The van der Waals surface area contributed by atoms with Gasteiger partial charge in [0.25, 0.3) is 0 Å². The van der Waals surface area contributed by atoms with E-state index in [0.29, 0.717) is 6.54 Å². The minimum Gasteiger partial charge on any atom is -0.355 e. The average molecular weight is 538 g/mol. The fraction of sp³-hybridized carbons (Fsp3) is 0.905. The smallest absolute Gasteiger partial charge is 0.230 e. The monoisotopic (exact) mass is 537 g/mol. The molecule has 0 aromatic heterocycles. The highest BCUT2D eigenvalue weighted by Gasteiger charge is 2.43. The van der Waals surface area contributed by atoms with Gasteiger partial charge >= 0.3 is 0 Å². The molecule has 29 heavy (non-hydrogen) atoms. The molecule has 0 aromatic rings. The molecule has 168 valence electrons. The minimum atomic E-state index is -0.268. The second kappa shape index (κ2) is 11.4. The third-order valence-corrected chi connectivity index (χ3v) is 7.98. The van der Waals surface area contributed by atoms with Crippen molar-refractivity contribution in [3.8, 4) is 0 Å². The highest BCUT2D eigenvalue weighted by Crippen LogP contribution is 2.39. The third kappa shape index (κ3) is 5.93. The number of halogens is 1. The summed E-state index contributed by atoms with van der Waals surface area (Å²) in [6.07, 6.45) is 9.46. The van der Waals surface area contributed by atoms with Crippen LogP contribution in [0.2, 0.25) is 0 Å². The number of amides is 1. The Labute approximate surface area is 198 Å². The summed E-state index contributed by atoms with van der Waals surface area (Å²) in [7, 11) is 5.58. The van der Waals surface area contributed by atoms with E-state index in [9.17, 15) is 4.79 Å². The van der Waals surface area contributed by atoms with Crippen LogP contribution in [0.4, 0.5) is 0 Å². The van der Waals surface area contributed by atoms with Gasteiger partial charge in [0.1, 0.15) is 0 Å². The number of guanidine groups is 1. The molecule has 0 radical (unpaired) electrons. The fourth-order valence-electron chi connectivity index (χ4n) is 5.39. The molecule has 3 aliphatic rings. The van der Waals surface area contributed by atoms with Gasteiger partial charge in [-0.05, 0) is 25.7 Å². The van der Waals surface area contributed by atoms with Crippen molar-refractivity contribution in [2.45, 2.75) is 56.9 Å². The summed E-state index contributed by atoms with van der Waals surface area (Å²) in [5.41, 5.74) is 0.0133. The van der Waals surface area contributed by atoms with Gasteiger partial charge in [-0.15, -0.1) is 24.0 Å². The molecule has 8 heteroatoms. The van der Waals surface area contributed by atoms with Crippen molar-refractivity contribution < 1.29 is 4.79 Å². The molecule has 0 atom stereocenters. The van der Waals surface area contributed by atoms with Crippen molar-refractivity contribution in [1.29, 1.82) is 0 Å². The van der Waals surface area contributed by atoms with Gasteiger partial charge in [-0.1, -0.05) is 25.7 Å². The van der Waals surface area contributed by atoms with Crippen LogP contribution >= 0.6 is 35.7 Å².